The monoisotopic (exact) mass is 330 g/mol. The minimum absolute atomic E-state index is 0.0477. The van der Waals surface area contributed by atoms with Gasteiger partial charge in [0.2, 0.25) is 0 Å². The Kier molecular flexibility index (Phi) is 3.73. The SMILES string of the molecule is CCc1nccc2c3cc(OC)ccc3n(C(=O)c3ccccc3)c12. The lowest BCUT2D eigenvalue weighted by molar-refractivity contribution is 0.0969. The second kappa shape index (κ2) is 6.06. The van der Waals surface area contributed by atoms with Crippen LogP contribution in [0.5, 0.6) is 5.75 Å². The van der Waals surface area contributed by atoms with Crippen molar-refractivity contribution in [1.82, 2.24) is 9.55 Å². The van der Waals surface area contributed by atoms with Gasteiger partial charge in [0.15, 0.2) is 0 Å². The van der Waals surface area contributed by atoms with Gasteiger partial charge in [0.25, 0.3) is 5.91 Å². The van der Waals surface area contributed by atoms with E-state index in [4.69, 9.17) is 4.74 Å². The van der Waals surface area contributed by atoms with Crippen LogP contribution in [0.4, 0.5) is 0 Å². The maximum Gasteiger partial charge on any atom is 0.262 e. The van der Waals surface area contributed by atoms with Gasteiger partial charge in [-0.1, -0.05) is 25.1 Å². The Balaban J connectivity index is 2.12. The van der Waals surface area contributed by atoms with E-state index in [2.05, 4.69) is 11.9 Å². The van der Waals surface area contributed by atoms with Gasteiger partial charge in [-0.3, -0.25) is 14.3 Å². The molecule has 0 saturated heterocycles. The Hall–Kier alpha value is -3.14. The summed E-state index contributed by atoms with van der Waals surface area (Å²) in [6, 6.07) is 17.1. The van der Waals surface area contributed by atoms with Crippen molar-refractivity contribution in [2.75, 3.05) is 7.11 Å². The van der Waals surface area contributed by atoms with Crippen LogP contribution in [0, 0.1) is 0 Å². The zero-order valence-corrected chi connectivity index (χ0v) is 14.2. The van der Waals surface area contributed by atoms with Gasteiger partial charge in [-0.05, 0) is 42.8 Å². The molecule has 2 aromatic heterocycles. The van der Waals surface area contributed by atoms with Crippen molar-refractivity contribution in [3.05, 3.63) is 72.1 Å². The first-order chi connectivity index (χ1) is 12.2. The molecular weight excluding hydrogens is 312 g/mol. The van der Waals surface area contributed by atoms with Crippen molar-refractivity contribution in [2.45, 2.75) is 13.3 Å². The van der Waals surface area contributed by atoms with E-state index < -0.39 is 0 Å². The number of hydrogen-bond donors (Lipinski definition) is 0. The minimum Gasteiger partial charge on any atom is -0.497 e. The van der Waals surface area contributed by atoms with E-state index in [0.717, 1.165) is 39.7 Å². The highest BCUT2D eigenvalue weighted by Crippen LogP contribution is 2.33. The number of aromatic nitrogens is 2. The largest absolute Gasteiger partial charge is 0.497 e. The number of carbonyl (C=O) groups is 1. The predicted molar refractivity (Wildman–Crippen MR) is 99.3 cm³/mol. The van der Waals surface area contributed by atoms with E-state index in [1.54, 1.807) is 17.9 Å². The molecule has 0 N–H and O–H groups in total. The number of aryl methyl sites for hydroxylation is 1. The molecule has 0 fully saturated rings. The first-order valence-corrected chi connectivity index (χ1v) is 8.30. The summed E-state index contributed by atoms with van der Waals surface area (Å²) in [6.45, 7) is 2.05. The molecule has 2 heterocycles. The Morgan fingerprint density at radius 3 is 2.60 bits per heavy atom. The van der Waals surface area contributed by atoms with Crippen LogP contribution in [-0.4, -0.2) is 22.6 Å². The topological polar surface area (TPSA) is 44.1 Å². The van der Waals surface area contributed by atoms with Crippen LogP contribution in [0.25, 0.3) is 21.8 Å². The van der Waals surface area contributed by atoms with Crippen LogP contribution in [0.15, 0.2) is 60.8 Å². The molecule has 0 spiro atoms. The van der Waals surface area contributed by atoms with Crippen molar-refractivity contribution in [3.8, 4) is 5.75 Å². The lowest BCUT2D eigenvalue weighted by Gasteiger charge is -2.08. The van der Waals surface area contributed by atoms with E-state index in [1.165, 1.54) is 0 Å². The predicted octanol–water partition coefficient (Wildman–Crippen LogP) is 4.45. The molecule has 0 aliphatic carbocycles. The molecule has 0 atom stereocenters. The molecule has 4 nitrogen and oxygen atoms in total. The van der Waals surface area contributed by atoms with Gasteiger partial charge >= 0.3 is 0 Å². The van der Waals surface area contributed by atoms with Crippen molar-refractivity contribution in [1.29, 1.82) is 0 Å². The summed E-state index contributed by atoms with van der Waals surface area (Å²) in [7, 11) is 1.65. The van der Waals surface area contributed by atoms with Crippen LogP contribution in [0.1, 0.15) is 23.0 Å². The second-order valence-corrected chi connectivity index (χ2v) is 5.90. The Labute approximate surface area is 145 Å². The summed E-state index contributed by atoms with van der Waals surface area (Å²) in [4.78, 5) is 17.8. The molecule has 0 saturated carbocycles. The molecule has 0 bridgehead atoms. The molecule has 25 heavy (non-hydrogen) atoms. The fourth-order valence-electron chi connectivity index (χ4n) is 3.32. The Morgan fingerprint density at radius 1 is 1.08 bits per heavy atom. The minimum atomic E-state index is -0.0477. The van der Waals surface area contributed by atoms with Gasteiger partial charge in [0, 0.05) is 22.5 Å². The standard InChI is InChI=1S/C21H18N2O2/c1-3-18-20-16(11-12-22-18)17-13-15(25-2)9-10-19(17)23(20)21(24)14-7-5-4-6-8-14/h4-13H,3H2,1-2H3. The average molecular weight is 330 g/mol. The highest BCUT2D eigenvalue weighted by Gasteiger charge is 2.20. The van der Waals surface area contributed by atoms with Crippen LogP contribution >= 0.6 is 0 Å². The second-order valence-electron chi connectivity index (χ2n) is 5.90. The van der Waals surface area contributed by atoms with Crippen LogP contribution in [0.3, 0.4) is 0 Å². The van der Waals surface area contributed by atoms with Gasteiger partial charge < -0.3 is 4.74 Å². The average Bonchev–Trinajstić information content (AvgIpc) is 3.01. The number of pyridine rings is 1. The van der Waals surface area contributed by atoms with Crippen molar-refractivity contribution in [3.63, 3.8) is 0 Å². The molecule has 4 aromatic rings. The van der Waals surface area contributed by atoms with Crippen molar-refractivity contribution in [2.24, 2.45) is 0 Å². The van der Waals surface area contributed by atoms with Crippen LogP contribution in [0.2, 0.25) is 0 Å². The number of fused-ring (bicyclic) bond motifs is 3. The van der Waals surface area contributed by atoms with E-state index >= 15 is 0 Å². The zero-order chi connectivity index (χ0) is 17.4. The highest BCUT2D eigenvalue weighted by molar-refractivity contribution is 6.17. The summed E-state index contributed by atoms with van der Waals surface area (Å²) in [5.41, 5.74) is 3.31. The number of carbonyl (C=O) groups excluding carboxylic acids is 1. The molecule has 0 radical (unpaired) electrons. The highest BCUT2D eigenvalue weighted by atomic mass is 16.5. The molecule has 0 aliphatic rings. The van der Waals surface area contributed by atoms with Crippen molar-refractivity contribution < 1.29 is 9.53 Å². The Morgan fingerprint density at radius 2 is 1.88 bits per heavy atom. The first-order valence-electron chi connectivity index (χ1n) is 8.30. The number of hydrogen-bond acceptors (Lipinski definition) is 3. The first kappa shape index (κ1) is 15.4. The van der Waals surface area contributed by atoms with E-state index in [1.807, 2.05) is 54.6 Å². The number of ether oxygens (including phenoxy) is 1. The third kappa shape index (κ3) is 2.38. The lowest BCUT2D eigenvalue weighted by Crippen LogP contribution is -2.12. The van der Waals surface area contributed by atoms with Gasteiger partial charge in [0.05, 0.1) is 23.8 Å². The fraction of sp³-hybridized carbons (Fsp3) is 0.143. The summed E-state index contributed by atoms with van der Waals surface area (Å²) < 4.78 is 7.16. The number of nitrogens with zero attached hydrogens (tertiary/aromatic N) is 2. The van der Waals surface area contributed by atoms with E-state index in [-0.39, 0.29) is 5.91 Å². The molecule has 4 heteroatoms. The number of rotatable bonds is 3. The third-order valence-electron chi connectivity index (χ3n) is 4.52. The van der Waals surface area contributed by atoms with Crippen LogP contribution in [-0.2, 0) is 6.42 Å². The molecular formula is C21H18N2O2. The molecule has 0 unspecified atom stereocenters. The van der Waals surface area contributed by atoms with E-state index in [0.29, 0.717) is 5.56 Å². The molecule has 4 rings (SSSR count). The maximum atomic E-state index is 13.3. The van der Waals surface area contributed by atoms with Crippen molar-refractivity contribution >= 4 is 27.7 Å². The lowest BCUT2D eigenvalue weighted by atomic mass is 10.1. The van der Waals surface area contributed by atoms with Gasteiger partial charge in [-0.15, -0.1) is 0 Å². The summed E-state index contributed by atoms with van der Waals surface area (Å²) in [5, 5.41) is 2.01. The number of benzene rings is 2. The smallest absolute Gasteiger partial charge is 0.262 e. The van der Waals surface area contributed by atoms with Crippen LogP contribution < -0.4 is 4.74 Å². The maximum absolute atomic E-state index is 13.3. The molecule has 0 amide bonds. The quantitative estimate of drug-likeness (QED) is 0.557. The summed E-state index contributed by atoms with van der Waals surface area (Å²) >= 11 is 0. The molecule has 0 aliphatic heterocycles. The molecule has 2 aromatic carbocycles. The van der Waals surface area contributed by atoms with Gasteiger partial charge in [0.1, 0.15) is 5.75 Å². The number of methoxy groups -OCH3 is 1. The van der Waals surface area contributed by atoms with Gasteiger partial charge in [-0.2, -0.15) is 0 Å². The Bertz CT molecular complexity index is 1080. The summed E-state index contributed by atoms with van der Waals surface area (Å²) in [5.74, 6) is 0.724. The fourth-order valence-corrected chi connectivity index (χ4v) is 3.32. The third-order valence-corrected chi connectivity index (χ3v) is 4.52. The molecule has 124 valence electrons. The van der Waals surface area contributed by atoms with E-state index in [9.17, 15) is 4.79 Å². The summed E-state index contributed by atoms with van der Waals surface area (Å²) in [6.07, 6.45) is 2.56. The zero-order valence-electron chi connectivity index (χ0n) is 14.2. The van der Waals surface area contributed by atoms with Gasteiger partial charge in [-0.25, -0.2) is 0 Å². The normalized spacial score (nSPS) is 11.1.